The summed E-state index contributed by atoms with van der Waals surface area (Å²) in [6, 6.07) is 1.78. The van der Waals surface area contributed by atoms with Crippen molar-refractivity contribution in [2.24, 2.45) is 12.9 Å². The Morgan fingerprint density at radius 1 is 1.24 bits per heavy atom. The van der Waals surface area contributed by atoms with Gasteiger partial charge in [-0.3, -0.25) is 5.43 Å². The van der Waals surface area contributed by atoms with Crippen LogP contribution in [0.15, 0.2) is 28.8 Å². The average Bonchev–Trinajstić information content (AvgIpc) is 3.13. The van der Waals surface area contributed by atoms with Gasteiger partial charge in [0.15, 0.2) is 5.16 Å². The van der Waals surface area contributed by atoms with Crippen LogP contribution in [-0.4, -0.2) is 39.5 Å². The molecule has 0 aliphatic carbocycles. The molecule has 10 nitrogen and oxygen atoms in total. The number of nitrogens with one attached hydrogen (secondary N) is 1. The molecule has 0 unspecified atom stereocenters. The van der Waals surface area contributed by atoms with Crippen LogP contribution in [0.1, 0.15) is 5.82 Å². The van der Waals surface area contributed by atoms with E-state index in [1.54, 1.807) is 18.5 Å². The molecule has 3 aromatic rings. The van der Waals surface area contributed by atoms with Gasteiger partial charge >= 0.3 is 0 Å². The molecule has 3 N–H and O–H groups in total. The van der Waals surface area contributed by atoms with Gasteiger partial charge in [0.2, 0.25) is 11.1 Å². The average molecular weight is 304 g/mol. The quantitative estimate of drug-likeness (QED) is 0.503. The Labute approximate surface area is 123 Å². The Morgan fingerprint density at radius 2 is 2.10 bits per heavy atom. The molecular formula is C10H12N10S. The van der Waals surface area contributed by atoms with Crippen LogP contribution in [0.2, 0.25) is 0 Å². The molecule has 0 radical (unpaired) electrons. The summed E-state index contributed by atoms with van der Waals surface area (Å²) in [7, 11) is 1.87. The summed E-state index contributed by atoms with van der Waals surface area (Å²) in [6.45, 7) is 1.87. The third kappa shape index (κ3) is 2.68. The fourth-order valence-corrected chi connectivity index (χ4v) is 2.28. The van der Waals surface area contributed by atoms with E-state index in [0.29, 0.717) is 16.3 Å². The topological polar surface area (TPSA) is 125 Å². The van der Waals surface area contributed by atoms with Crippen LogP contribution in [-0.2, 0) is 7.05 Å². The Hall–Kier alpha value is -2.53. The van der Waals surface area contributed by atoms with Crippen LogP contribution in [0.4, 0.5) is 5.95 Å². The molecule has 21 heavy (non-hydrogen) atoms. The molecule has 0 aliphatic rings. The molecule has 0 aromatic carbocycles. The normalized spacial score (nSPS) is 10.8. The number of nitrogen functional groups attached to an aromatic ring is 1. The van der Waals surface area contributed by atoms with E-state index in [9.17, 15) is 0 Å². The molecular weight excluding hydrogens is 292 g/mol. The monoisotopic (exact) mass is 304 g/mol. The Bertz CT molecular complexity index is 749. The van der Waals surface area contributed by atoms with E-state index in [1.807, 2.05) is 18.5 Å². The number of rotatable bonds is 4. The van der Waals surface area contributed by atoms with Crippen molar-refractivity contribution in [2.45, 2.75) is 17.2 Å². The summed E-state index contributed by atoms with van der Waals surface area (Å²) in [5.41, 5.74) is 2.42. The number of hydrazine groups is 1. The standard InChI is InChI=1S/C10H12N10S/c1-6-17-18-10(19(6)2)21-9-14-7(16-11)13-8(15-9)20-5-3-4-12-20/h3-5H,11H2,1-2H3,(H,13,14,15,16). The fraction of sp³-hybridized carbons (Fsp3) is 0.200. The predicted octanol–water partition coefficient (Wildman–Crippen LogP) is -0.0690. The van der Waals surface area contributed by atoms with E-state index in [1.165, 1.54) is 16.4 Å². The van der Waals surface area contributed by atoms with Gasteiger partial charge < -0.3 is 4.57 Å². The van der Waals surface area contributed by atoms with Gasteiger partial charge in [0, 0.05) is 19.4 Å². The summed E-state index contributed by atoms with van der Waals surface area (Å²) in [6.07, 6.45) is 3.37. The summed E-state index contributed by atoms with van der Waals surface area (Å²) >= 11 is 1.27. The van der Waals surface area contributed by atoms with Crippen molar-refractivity contribution in [3.63, 3.8) is 0 Å². The van der Waals surface area contributed by atoms with Crippen molar-refractivity contribution in [3.8, 4) is 5.95 Å². The maximum atomic E-state index is 5.39. The van der Waals surface area contributed by atoms with Gasteiger partial charge in [-0.2, -0.15) is 20.1 Å². The highest BCUT2D eigenvalue weighted by Crippen LogP contribution is 2.23. The molecule has 0 bridgehead atoms. The third-order valence-corrected chi connectivity index (χ3v) is 3.58. The first-order valence-electron chi connectivity index (χ1n) is 5.94. The van der Waals surface area contributed by atoms with Crippen LogP contribution in [0.5, 0.6) is 0 Å². The Balaban J connectivity index is 1.98. The number of aromatic nitrogens is 8. The minimum Gasteiger partial charge on any atom is -0.309 e. The van der Waals surface area contributed by atoms with Gasteiger partial charge in [-0.25, -0.2) is 10.5 Å². The number of nitrogens with two attached hydrogens (primary N) is 1. The van der Waals surface area contributed by atoms with Gasteiger partial charge in [0.25, 0.3) is 5.95 Å². The first kappa shape index (κ1) is 13.5. The lowest BCUT2D eigenvalue weighted by molar-refractivity contribution is 0.745. The first-order valence-corrected chi connectivity index (χ1v) is 6.75. The summed E-state index contributed by atoms with van der Waals surface area (Å²) in [4.78, 5) is 12.7. The highest BCUT2D eigenvalue weighted by atomic mass is 32.2. The molecule has 0 spiro atoms. The van der Waals surface area contributed by atoms with E-state index in [2.05, 4.69) is 35.7 Å². The number of nitrogens with zero attached hydrogens (tertiary/aromatic N) is 8. The van der Waals surface area contributed by atoms with Crippen molar-refractivity contribution in [3.05, 3.63) is 24.3 Å². The van der Waals surface area contributed by atoms with Crippen LogP contribution in [0, 0.1) is 6.92 Å². The number of anilines is 1. The van der Waals surface area contributed by atoms with E-state index in [4.69, 9.17) is 5.84 Å². The summed E-state index contributed by atoms with van der Waals surface area (Å²) < 4.78 is 3.37. The summed E-state index contributed by atoms with van der Waals surface area (Å²) in [5.74, 6) is 6.81. The van der Waals surface area contributed by atoms with E-state index in [0.717, 1.165) is 5.82 Å². The van der Waals surface area contributed by atoms with Gasteiger partial charge in [0.05, 0.1) is 0 Å². The maximum absolute atomic E-state index is 5.39. The van der Waals surface area contributed by atoms with Crippen molar-refractivity contribution in [1.82, 2.24) is 39.5 Å². The molecule has 3 rings (SSSR count). The second kappa shape index (κ2) is 5.46. The Kier molecular flexibility index (Phi) is 3.50. The van der Waals surface area contributed by atoms with Gasteiger partial charge in [0.1, 0.15) is 5.82 Å². The van der Waals surface area contributed by atoms with Crippen molar-refractivity contribution in [2.75, 3.05) is 5.43 Å². The first-order chi connectivity index (χ1) is 10.2. The zero-order valence-electron chi connectivity index (χ0n) is 11.3. The van der Waals surface area contributed by atoms with E-state index < -0.39 is 0 Å². The second-order valence-electron chi connectivity index (χ2n) is 4.03. The number of hydrogen-bond donors (Lipinski definition) is 2. The zero-order valence-corrected chi connectivity index (χ0v) is 12.1. The second-order valence-corrected chi connectivity index (χ2v) is 4.96. The molecule has 3 aromatic heterocycles. The highest BCUT2D eigenvalue weighted by molar-refractivity contribution is 7.99. The zero-order chi connectivity index (χ0) is 14.8. The molecule has 0 amide bonds. The largest absolute Gasteiger partial charge is 0.309 e. The highest BCUT2D eigenvalue weighted by Gasteiger charge is 2.13. The van der Waals surface area contributed by atoms with E-state index >= 15 is 0 Å². The van der Waals surface area contributed by atoms with E-state index in [-0.39, 0.29) is 5.95 Å². The van der Waals surface area contributed by atoms with Crippen LogP contribution < -0.4 is 11.3 Å². The minimum absolute atomic E-state index is 0.247. The van der Waals surface area contributed by atoms with Gasteiger partial charge in [-0.1, -0.05) is 0 Å². The molecule has 0 aliphatic heterocycles. The number of aryl methyl sites for hydroxylation is 1. The smallest absolute Gasteiger partial charge is 0.256 e. The molecule has 0 fully saturated rings. The Morgan fingerprint density at radius 3 is 2.71 bits per heavy atom. The minimum atomic E-state index is 0.247. The van der Waals surface area contributed by atoms with Crippen molar-refractivity contribution < 1.29 is 0 Å². The lowest BCUT2D eigenvalue weighted by Crippen LogP contribution is -2.14. The van der Waals surface area contributed by atoms with Crippen LogP contribution in [0.25, 0.3) is 5.95 Å². The van der Waals surface area contributed by atoms with Gasteiger partial charge in [-0.15, -0.1) is 10.2 Å². The molecule has 0 saturated carbocycles. The van der Waals surface area contributed by atoms with Crippen LogP contribution >= 0.6 is 11.8 Å². The maximum Gasteiger partial charge on any atom is 0.256 e. The SMILES string of the molecule is Cc1nnc(Sc2nc(NN)nc(-n3cccn3)n2)n1C. The molecule has 11 heteroatoms. The number of hydrogen-bond acceptors (Lipinski definition) is 9. The fourth-order valence-electron chi connectivity index (χ4n) is 1.50. The predicted molar refractivity (Wildman–Crippen MR) is 74.6 cm³/mol. The lowest BCUT2D eigenvalue weighted by atomic mass is 10.7. The summed E-state index contributed by atoms with van der Waals surface area (Å²) in [5, 5.41) is 13.3. The lowest BCUT2D eigenvalue weighted by Gasteiger charge is -2.05. The molecule has 0 atom stereocenters. The molecule has 0 saturated heterocycles. The van der Waals surface area contributed by atoms with Crippen molar-refractivity contribution >= 4 is 17.7 Å². The van der Waals surface area contributed by atoms with Gasteiger partial charge in [-0.05, 0) is 24.8 Å². The third-order valence-electron chi connectivity index (χ3n) is 2.68. The van der Waals surface area contributed by atoms with Crippen molar-refractivity contribution in [1.29, 1.82) is 0 Å². The molecule has 108 valence electrons. The van der Waals surface area contributed by atoms with Crippen LogP contribution in [0.3, 0.4) is 0 Å². The molecule has 3 heterocycles.